The Morgan fingerprint density at radius 1 is 0.944 bits per heavy atom. The summed E-state index contributed by atoms with van der Waals surface area (Å²) in [5.41, 5.74) is -0.243. The lowest BCUT2D eigenvalue weighted by molar-refractivity contribution is -0.942. The van der Waals surface area contributed by atoms with E-state index in [0.29, 0.717) is 33.5 Å². The van der Waals surface area contributed by atoms with Crippen LogP contribution in [0.3, 0.4) is 0 Å². The Kier molecular flexibility index (Phi) is 7.50. The summed E-state index contributed by atoms with van der Waals surface area (Å²) in [5, 5.41) is 15.5. The van der Waals surface area contributed by atoms with Gasteiger partial charge in [0, 0.05) is 24.7 Å². The van der Waals surface area contributed by atoms with Gasteiger partial charge in [-0.15, -0.1) is 22.7 Å². The number of aliphatic hydroxyl groups is 1. The molecular weight excluding hydrogens is 554 g/mol. The third-order valence-electron chi connectivity index (χ3n) is 9.08. The minimum absolute atomic E-state index is 0. The van der Waals surface area contributed by atoms with Crippen LogP contribution < -0.4 is 17.0 Å². The average Bonchev–Trinajstić information content (AvgIpc) is 3.69. The van der Waals surface area contributed by atoms with Crippen LogP contribution in [0.15, 0.2) is 65.4 Å². The third kappa shape index (κ3) is 4.41. The smallest absolute Gasteiger partial charge is 0.349 e. The first-order valence-corrected chi connectivity index (χ1v) is 14.7. The number of halogens is 1. The fourth-order valence-electron chi connectivity index (χ4n) is 7.37. The van der Waals surface area contributed by atoms with Gasteiger partial charge in [-0.05, 0) is 53.6 Å². The second-order valence-electron chi connectivity index (χ2n) is 10.9. The second-order valence-corrected chi connectivity index (χ2v) is 12.8. The molecule has 2 unspecified atom stereocenters. The molecule has 4 nitrogen and oxygen atoms in total. The summed E-state index contributed by atoms with van der Waals surface area (Å²) in [6, 6.07) is 18.9. The first-order valence-electron chi connectivity index (χ1n) is 12.9. The minimum atomic E-state index is -1.72. The molecule has 1 aliphatic heterocycles. The highest BCUT2D eigenvalue weighted by atomic mass is 79.9. The summed E-state index contributed by atoms with van der Waals surface area (Å²) in [7, 11) is 2.44. The number of piperidine rings is 1. The molecule has 192 valence electrons. The number of thiophene rings is 2. The highest BCUT2D eigenvalue weighted by Gasteiger charge is 2.59. The van der Waals surface area contributed by atoms with Crippen LogP contribution in [-0.4, -0.2) is 47.8 Å². The molecule has 1 aromatic carbocycles. The van der Waals surface area contributed by atoms with E-state index in [1.54, 1.807) is 0 Å². The molecule has 2 aromatic heterocycles. The lowest BCUT2D eigenvalue weighted by Gasteiger charge is -2.47. The van der Waals surface area contributed by atoms with E-state index in [4.69, 9.17) is 4.74 Å². The largest absolute Gasteiger partial charge is 1.00 e. The fourth-order valence-corrected chi connectivity index (χ4v) is 9.08. The summed E-state index contributed by atoms with van der Waals surface area (Å²) in [4.78, 5) is 14.9. The van der Waals surface area contributed by atoms with Gasteiger partial charge in [-0.1, -0.05) is 42.5 Å². The Labute approximate surface area is 232 Å². The van der Waals surface area contributed by atoms with E-state index in [9.17, 15) is 9.90 Å². The quantitative estimate of drug-likeness (QED) is 0.356. The number of quaternary nitrogens is 1. The number of carbonyl (C=O) groups excluding carboxylic acids is 1. The lowest BCUT2D eigenvalue weighted by atomic mass is 9.86. The molecule has 1 N–H and O–H groups in total. The number of benzene rings is 1. The Hall–Kier alpha value is -1.51. The SMILES string of the molecule is C[N+]1(C2C3CC[C@@H]2[C@H](OC(=O)C(O)(c2cccs2)c2cccs2)C3)CCC(c2ccccc2)CC1.[Br-]. The normalized spacial score (nSPS) is 31.7. The van der Waals surface area contributed by atoms with Gasteiger partial charge < -0.3 is 31.3 Å². The van der Waals surface area contributed by atoms with Crippen molar-refractivity contribution >= 4 is 28.6 Å². The number of hydrogen-bond donors (Lipinski definition) is 1. The molecular formula is C29H34BrNO3S2. The molecule has 3 heterocycles. The maximum absolute atomic E-state index is 13.6. The molecule has 2 bridgehead atoms. The fraction of sp³-hybridized carbons (Fsp3) is 0.483. The molecule has 6 rings (SSSR count). The summed E-state index contributed by atoms with van der Waals surface area (Å²) in [5.74, 6) is 1.14. The molecule has 2 saturated carbocycles. The molecule has 0 spiro atoms. The highest BCUT2D eigenvalue weighted by Crippen LogP contribution is 2.52. The monoisotopic (exact) mass is 587 g/mol. The van der Waals surface area contributed by atoms with E-state index >= 15 is 0 Å². The van der Waals surface area contributed by atoms with Crippen molar-refractivity contribution in [2.75, 3.05) is 20.1 Å². The van der Waals surface area contributed by atoms with Crippen molar-refractivity contribution in [2.45, 2.75) is 55.8 Å². The van der Waals surface area contributed by atoms with Crippen molar-refractivity contribution in [3.63, 3.8) is 0 Å². The van der Waals surface area contributed by atoms with Crippen molar-refractivity contribution in [1.82, 2.24) is 0 Å². The number of esters is 1. The van der Waals surface area contributed by atoms with E-state index in [-0.39, 0.29) is 23.1 Å². The molecule has 3 aromatic rings. The van der Waals surface area contributed by atoms with Crippen molar-refractivity contribution in [2.24, 2.45) is 11.8 Å². The predicted molar refractivity (Wildman–Crippen MR) is 140 cm³/mol. The number of ether oxygens (including phenoxy) is 1. The van der Waals surface area contributed by atoms with Crippen LogP contribution in [0.5, 0.6) is 0 Å². The summed E-state index contributed by atoms with van der Waals surface area (Å²) in [6.07, 6.45) is 5.63. The maximum Gasteiger partial charge on any atom is 0.349 e. The van der Waals surface area contributed by atoms with Gasteiger partial charge in [-0.3, -0.25) is 0 Å². The van der Waals surface area contributed by atoms with Gasteiger partial charge >= 0.3 is 5.97 Å². The topological polar surface area (TPSA) is 46.5 Å². The third-order valence-corrected chi connectivity index (χ3v) is 11.0. The molecule has 3 aliphatic rings. The number of carbonyl (C=O) groups is 1. The Morgan fingerprint density at radius 2 is 1.58 bits per heavy atom. The van der Waals surface area contributed by atoms with Crippen LogP contribution in [0.25, 0.3) is 0 Å². The van der Waals surface area contributed by atoms with Gasteiger partial charge in [-0.2, -0.15) is 0 Å². The number of rotatable bonds is 6. The van der Waals surface area contributed by atoms with Gasteiger partial charge in [0.1, 0.15) is 6.10 Å². The van der Waals surface area contributed by atoms with Gasteiger partial charge in [0.25, 0.3) is 0 Å². The zero-order valence-corrected chi connectivity index (χ0v) is 23.8. The van der Waals surface area contributed by atoms with E-state index < -0.39 is 11.6 Å². The van der Waals surface area contributed by atoms with Crippen LogP contribution >= 0.6 is 22.7 Å². The molecule has 0 radical (unpaired) electrons. The summed E-state index contributed by atoms with van der Waals surface area (Å²) in [6.45, 7) is 2.37. The lowest BCUT2D eigenvalue weighted by Crippen LogP contribution is -3.00. The molecule has 36 heavy (non-hydrogen) atoms. The molecule has 1 saturated heterocycles. The molecule has 2 aliphatic carbocycles. The van der Waals surface area contributed by atoms with Crippen LogP contribution in [-0.2, 0) is 15.1 Å². The van der Waals surface area contributed by atoms with Crippen molar-refractivity contribution < 1.29 is 36.1 Å². The first kappa shape index (κ1) is 26.1. The van der Waals surface area contributed by atoms with E-state index in [1.807, 2.05) is 35.0 Å². The predicted octanol–water partition coefficient (Wildman–Crippen LogP) is 2.78. The van der Waals surface area contributed by atoms with Crippen LogP contribution in [0.2, 0.25) is 0 Å². The number of fused-ring (bicyclic) bond motifs is 2. The van der Waals surface area contributed by atoms with Gasteiger partial charge in [0.15, 0.2) is 0 Å². The zero-order chi connectivity index (χ0) is 24.0. The zero-order valence-electron chi connectivity index (χ0n) is 20.6. The second kappa shape index (κ2) is 10.3. The average molecular weight is 589 g/mol. The Bertz CT molecular complexity index is 1110. The molecule has 7 heteroatoms. The first-order chi connectivity index (χ1) is 17.0. The van der Waals surface area contributed by atoms with Crippen molar-refractivity contribution in [3.05, 3.63) is 80.7 Å². The number of nitrogens with zero attached hydrogens (tertiary/aromatic N) is 1. The van der Waals surface area contributed by atoms with Gasteiger partial charge in [0.05, 0.1) is 35.9 Å². The summed E-state index contributed by atoms with van der Waals surface area (Å²) >= 11 is 2.81. The minimum Gasteiger partial charge on any atom is -1.00 e. The van der Waals surface area contributed by atoms with Crippen LogP contribution in [0.4, 0.5) is 0 Å². The molecule has 0 amide bonds. The highest BCUT2D eigenvalue weighted by molar-refractivity contribution is 7.12. The van der Waals surface area contributed by atoms with Crippen LogP contribution in [0, 0.1) is 11.8 Å². The maximum atomic E-state index is 13.6. The van der Waals surface area contributed by atoms with Crippen molar-refractivity contribution in [3.8, 4) is 0 Å². The number of likely N-dealkylation sites (tertiary alicyclic amines) is 1. The Balaban J connectivity index is 0.00000267. The molecule has 3 fully saturated rings. The van der Waals surface area contributed by atoms with Crippen LogP contribution in [0.1, 0.15) is 53.3 Å². The van der Waals surface area contributed by atoms with Crippen molar-refractivity contribution in [1.29, 1.82) is 0 Å². The van der Waals surface area contributed by atoms with Gasteiger partial charge in [-0.25, -0.2) is 4.79 Å². The van der Waals surface area contributed by atoms with E-state index in [1.165, 1.54) is 60.6 Å². The van der Waals surface area contributed by atoms with E-state index in [2.05, 4.69) is 37.4 Å². The number of hydrogen-bond acceptors (Lipinski definition) is 5. The van der Waals surface area contributed by atoms with E-state index in [0.717, 1.165) is 17.3 Å². The standard InChI is InChI=1S/C29H34NO3S2.BrH/c1-30(15-13-21(14-16-30)20-7-3-2-4-8-20)27-22-11-12-23(27)24(19-22)33-28(31)29(32,25-9-5-17-34-25)26-10-6-18-35-26;/h2-10,17-18,21-24,27,32H,11-16,19H2,1H3;1H/q+1;/p-1/t21?,22?,23-,24-,27?,30?;/m1./s1. The summed E-state index contributed by atoms with van der Waals surface area (Å²) < 4.78 is 7.33. The van der Waals surface area contributed by atoms with Gasteiger partial charge in [0.2, 0.25) is 5.60 Å². The molecule has 4 atom stereocenters. The Morgan fingerprint density at radius 3 is 2.17 bits per heavy atom.